The summed E-state index contributed by atoms with van der Waals surface area (Å²) in [5.74, 6) is 0. The van der Waals surface area contributed by atoms with Crippen LogP contribution in [-0.4, -0.2) is 0 Å². The van der Waals surface area contributed by atoms with Crippen LogP contribution < -0.4 is 0 Å². The molecule has 1 rings (SSSR count). The fraction of sp³-hybridized carbons (Fsp3) is 0. The van der Waals surface area contributed by atoms with Crippen LogP contribution in [0.3, 0.4) is 0 Å². The average Bonchev–Trinajstić information content (AvgIpc) is 1.72. The minimum Gasteiger partial charge on any atom is -0.184 e. The standard InChI is InChI=1S/C6H5.Rh/c1-2-4-6-5-3-1;/h1-5H;/q-1;. The minimum absolute atomic E-state index is 0. The second kappa shape index (κ2) is 4.01. The van der Waals surface area contributed by atoms with Crippen LogP contribution >= 0.6 is 0 Å². The normalized spacial score (nSPS) is 6.86. The Balaban J connectivity index is 0.000000360. The molecule has 1 aromatic rings. The van der Waals surface area contributed by atoms with Gasteiger partial charge in [-0.1, -0.05) is 0 Å². The van der Waals surface area contributed by atoms with Gasteiger partial charge in [0.1, 0.15) is 0 Å². The molecule has 1 radical (unpaired) electrons. The molecule has 0 unspecified atom stereocenters. The first-order chi connectivity index (χ1) is 3.00. The van der Waals surface area contributed by atoms with E-state index in [0.717, 1.165) is 0 Å². The first-order valence-electron chi connectivity index (χ1n) is 1.91. The average molecular weight is 180 g/mol. The molecule has 39 valence electrons. The molecule has 7 heavy (non-hydrogen) atoms. The van der Waals surface area contributed by atoms with Crippen molar-refractivity contribution in [3.8, 4) is 0 Å². The van der Waals surface area contributed by atoms with Crippen LogP contribution in [0.5, 0.6) is 0 Å². The van der Waals surface area contributed by atoms with Crippen molar-refractivity contribution >= 4 is 0 Å². The predicted molar refractivity (Wildman–Crippen MR) is 25.3 cm³/mol. The number of rotatable bonds is 0. The number of hydrogen-bond donors (Lipinski definition) is 0. The van der Waals surface area contributed by atoms with Gasteiger partial charge in [0.15, 0.2) is 0 Å². The van der Waals surface area contributed by atoms with E-state index in [1.807, 2.05) is 30.3 Å². The molecule has 0 fully saturated rings. The molecule has 0 saturated carbocycles. The van der Waals surface area contributed by atoms with Crippen molar-refractivity contribution in [1.82, 2.24) is 0 Å². The van der Waals surface area contributed by atoms with Gasteiger partial charge in [0.05, 0.1) is 0 Å². The third kappa shape index (κ3) is 2.53. The van der Waals surface area contributed by atoms with Crippen molar-refractivity contribution < 1.29 is 19.5 Å². The van der Waals surface area contributed by atoms with Crippen molar-refractivity contribution in [2.24, 2.45) is 0 Å². The van der Waals surface area contributed by atoms with E-state index in [0.29, 0.717) is 0 Å². The van der Waals surface area contributed by atoms with E-state index in [1.54, 1.807) is 0 Å². The van der Waals surface area contributed by atoms with Gasteiger partial charge < -0.3 is 0 Å². The molecule has 0 amide bonds. The molecule has 0 aliphatic rings. The van der Waals surface area contributed by atoms with Crippen LogP contribution in [0.15, 0.2) is 30.3 Å². The van der Waals surface area contributed by atoms with Crippen molar-refractivity contribution in [2.45, 2.75) is 0 Å². The van der Waals surface area contributed by atoms with Crippen LogP contribution in [0, 0.1) is 6.07 Å². The summed E-state index contributed by atoms with van der Waals surface area (Å²) in [6.45, 7) is 0. The van der Waals surface area contributed by atoms with Gasteiger partial charge in [-0.15, -0.1) is 0 Å². The summed E-state index contributed by atoms with van der Waals surface area (Å²) in [5.41, 5.74) is 0. The van der Waals surface area contributed by atoms with Crippen molar-refractivity contribution in [3.63, 3.8) is 0 Å². The Morgan fingerprint density at radius 3 is 1.57 bits per heavy atom. The van der Waals surface area contributed by atoms with Crippen molar-refractivity contribution in [2.75, 3.05) is 0 Å². The van der Waals surface area contributed by atoms with Gasteiger partial charge in [0.2, 0.25) is 0 Å². The zero-order valence-corrected chi connectivity index (χ0v) is 5.36. The Kier molecular flexibility index (Phi) is 3.92. The van der Waals surface area contributed by atoms with E-state index < -0.39 is 0 Å². The molecule has 0 aliphatic carbocycles. The summed E-state index contributed by atoms with van der Waals surface area (Å²) in [6.07, 6.45) is 0. The molecule has 1 aromatic carbocycles. The van der Waals surface area contributed by atoms with Crippen LogP contribution in [0.25, 0.3) is 0 Å². The second-order valence-corrected chi connectivity index (χ2v) is 1.08. The molecular weight excluding hydrogens is 175 g/mol. The van der Waals surface area contributed by atoms with Gasteiger partial charge in [-0.05, 0) is 0 Å². The fourth-order valence-corrected chi connectivity index (χ4v) is 0.342. The maximum Gasteiger partial charge on any atom is 0 e. The fourth-order valence-electron chi connectivity index (χ4n) is 0.342. The quantitative estimate of drug-likeness (QED) is 0.419. The van der Waals surface area contributed by atoms with Gasteiger partial charge in [-0.25, -0.2) is 0 Å². The van der Waals surface area contributed by atoms with Gasteiger partial charge in [0.25, 0.3) is 0 Å². The molecule has 0 bridgehead atoms. The monoisotopic (exact) mass is 180 g/mol. The summed E-state index contributed by atoms with van der Waals surface area (Å²) in [7, 11) is 0. The summed E-state index contributed by atoms with van der Waals surface area (Å²) < 4.78 is 0. The predicted octanol–water partition coefficient (Wildman–Crippen LogP) is 1.48. The van der Waals surface area contributed by atoms with Crippen molar-refractivity contribution in [1.29, 1.82) is 0 Å². The third-order valence-corrected chi connectivity index (χ3v) is 0.607. The molecule has 0 N–H and O–H groups in total. The summed E-state index contributed by atoms with van der Waals surface area (Å²) in [5, 5.41) is 0. The van der Waals surface area contributed by atoms with Crippen LogP contribution in [0.1, 0.15) is 0 Å². The van der Waals surface area contributed by atoms with Crippen LogP contribution in [-0.2, 0) is 19.5 Å². The van der Waals surface area contributed by atoms with Gasteiger partial charge in [0, 0.05) is 19.5 Å². The molecule has 0 nitrogen and oxygen atoms in total. The molecule has 1 heteroatoms. The summed E-state index contributed by atoms with van der Waals surface area (Å²) in [6, 6.07) is 12.5. The first kappa shape index (κ1) is 6.84. The van der Waals surface area contributed by atoms with Gasteiger partial charge in [-0.3, -0.25) is 0 Å². The Labute approximate surface area is 56.3 Å². The third-order valence-electron chi connectivity index (χ3n) is 0.607. The summed E-state index contributed by atoms with van der Waals surface area (Å²) >= 11 is 0. The van der Waals surface area contributed by atoms with E-state index in [9.17, 15) is 0 Å². The maximum atomic E-state index is 2.89. The molecule has 0 atom stereocenters. The van der Waals surface area contributed by atoms with E-state index in [2.05, 4.69) is 6.07 Å². The van der Waals surface area contributed by atoms with Gasteiger partial charge >= 0.3 is 0 Å². The second-order valence-electron chi connectivity index (χ2n) is 1.08. The SMILES string of the molecule is [Rh].[c-]1ccccc1. The topological polar surface area (TPSA) is 0 Å². The van der Waals surface area contributed by atoms with E-state index in [1.165, 1.54) is 0 Å². The molecular formula is C6H5Rh-. The molecule has 0 aromatic heterocycles. The Bertz CT molecular complexity index is 76.1. The van der Waals surface area contributed by atoms with Crippen LogP contribution in [0.4, 0.5) is 0 Å². The maximum absolute atomic E-state index is 2.89. The Hall–Kier alpha value is -0.157. The number of benzene rings is 1. The van der Waals surface area contributed by atoms with E-state index in [4.69, 9.17) is 0 Å². The molecule has 0 heterocycles. The van der Waals surface area contributed by atoms with Crippen molar-refractivity contribution in [3.05, 3.63) is 36.4 Å². The Morgan fingerprint density at radius 1 is 0.857 bits per heavy atom. The minimum atomic E-state index is 0. The van der Waals surface area contributed by atoms with E-state index in [-0.39, 0.29) is 19.5 Å². The smallest absolute Gasteiger partial charge is 0 e. The molecule has 0 aliphatic heterocycles. The zero-order valence-electron chi connectivity index (χ0n) is 3.72. The van der Waals surface area contributed by atoms with Crippen LogP contribution in [0.2, 0.25) is 0 Å². The van der Waals surface area contributed by atoms with Gasteiger partial charge in [-0.2, -0.15) is 36.4 Å². The first-order valence-corrected chi connectivity index (χ1v) is 1.91. The molecule has 0 spiro atoms. The number of hydrogen-bond acceptors (Lipinski definition) is 0. The molecule has 0 saturated heterocycles. The largest absolute Gasteiger partial charge is 0.184 e. The summed E-state index contributed by atoms with van der Waals surface area (Å²) in [4.78, 5) is 0. The Morgan fingerprint density at radius 2 is 1.43 bits per heavy atom. The van der Waals surface area contributed by atoms with E-state index >= 15 is 0 Å². The zero-order chi connectivity index (χ0) is 4.24.